The van der Waals surface area contributed by atoms with Crippen molar-refractivity contribution in [3.63, 3.8) is 0 Å². The number of amides is 1. The van der Waals surface area contributed by atoms with Gasteiger partial charge in [0.25, 0.3) is 0 Å². The Hall–Kier alpha value is -1.75. The first-order valence-corrected chi connectivity index (χ1v) is 6.62. The van der Waals surface area contributed by atoms with Crippen LogP contribution in [-0.2, 0) is 11.2 Å². The lowest BCUT2D eigenvalue weighted by Crippen LogP contribution is -2.38. The van der Waals surface area contributed by atoms with Gasteiger partial charge < -0.3 is 19.7 Å². The predicted molar refractivity (Wildman–Crippen MR) is 79.4 cm³/mol. The molecule has 20 heavy (non-hydrogen) atoms. The van der Waals surface area contributed by atoms with Crippen LogP contribution in [0, 0.1) is 0 Å². The maximum Gasteiger partial charge on any atom is 0.236 e. The molecule has 1 atom stereocenters. The molecule has 5 nitrogen and oxygen atoms in total. The molecule has 0 aliphatic heterocycles. The SMILES string of the molecule is COc1ccc(CC(C)NCC(=O)N(C)C)cc1OC. The van der Waals surface area contributed by atoms with Crippen molar-refractivity contribution < 1.29 is 14.3 Å². The largest absolute Gasteiger partial charge is 0.493 e. The van der Waals surface area contributed by atoms with E-state index in [1.165, 1.54) is 0 Å². The van der Waals surface area contributed by atoms with E-state index < -0.39 is 0 Å². The minimum absolute atomic E-state index is 0.0733. The number of likely N-dealkylation sites (N-methyl/N-ethyl adjacent to an activating group) is 1. The highest BCUT2D eigenvalue weighted by Gasteiger charge is 2.10. The van der Waals surface area contributed by atoms with Crippen molar-refractivity contribution in [1.82, 2.24) is 10.2 Å². The predicted octanol–water partition coefficient (Wildman–Crippen LogP) is 1.31. The highest BCUT2D eigenvalue weighted by molar-refractivity contribution is 5.77. The Kier molecular flexibility index (Phi) is 6.31. The highest BCUT2D eigenvalue weighted by Crippen LogP contribution is 2.27. The van der Waals surface area contributed by atoms with Crippen LogP contribution in [0.2, 0.25) is 0 Å². The Labute approximate surface area is 120 Å². The van der Waals surface area contributed by atoms with Gasteiger partial charge in [-0.2, -0.15) is 0 Å². The van der Waals surface area contributed by atoms with Crippen molar-refractivity contribution in [1.29, 1.82) is 0 Å². The number of ether oxygens (including phenoxy) is 2. The number of methoxy groups -OCH3 is 2. The van der Waals surface area contributed by atoms with Gasteiger partial charge in [-0.25, -0.2) is 0 Å². The first kappa shape index (κ1) is 16.3. The van der Waals surface area contributed by atoms with Crippen LogP contribution in [0.3, 0.4) is 0 Å². The average Bonchev–Trinajstić information content (AvgIpc) is 2.44. The van der Waals surface area contributed by atoms with Crippen LogP contribution in [0.25, 0.3) is 0 Å². The topological polar surface area (TPSA) is 50.8 Å². The standard InChI is InChI=1S/C15H24N2O3/c1-11(16-10-15(18)17(2)3)8-12-6-7-13(19-4)14(9-12)20-5/h6-7,9,11,16H,8,10H2,1-5H3. The molecule has 112 valence electrons. The summed E-state index contributed by atoms with van der Waals surface area (Å²) in [7, 11) is 6.75. The third-order valence-corrected chi connectivity index (χ3v) is 3.09. The second kappa shape index (κ2) is 7.75. The molecule has 0 radical (unpaired) electrons. The molecule has 0 heterocycles. The summed E-state index contributed by atoms with van der Waals surface area (Å²) < 4.78 is 10.5. The Morgan fingerprint density at radius 1 is 1.25 bits per heavy atom. The molecule has 1 amide bonds. The smallest absolute Gasteiger partial charge is 0.236 e. The molecule has 0 aliphatic rings. The molecule has 0 spiro atoms. The maximum absolute atomic E-state index is 11.5. The Bertz CT molecular complexity index is 447. The zero-order valence-electron chi connectivity index (χ0n) is 12.9. The minimum atomic E-state index is 0.0733. The summed E-state index contributed by atoms with van der Waals surface area (Å²) in [6, 6.07) is 6.07. The Morgan fingerprint density at radius 2 is 1.90 bits per heavy atom. The normalized spacial score (nSPS) is 11.8. The van der Waals surface area contributed by atoms with E-state index in [0.29, 0.717) is 6.54 Å². The lowest BCUT2D eigenvalue weighted by Gasteiger charge is -2.17. The number of nitrogens with zero attached hydrogens (tertiary/aromatic N) is 1. The lowest BCUT2D eigenvalue weighted by atomic mass is 10.1. The van der Waals surface area contributed by atoms with Crippen LogP contribution >= 0.6 is 0 Å². The molecular formula is C15H24N2O3. The molecule has 1 aromatic carbocycles. The number of hydrogen-bond acceptors (Lipinski definition) is 4. The van der Waals surface area contributed by atoms with Crippen LogP contribution in [0.4, 0.5) is 0 Å². The van der Waals surface area contributed by atoms with Crippen LogP contribution in [0.1, 0.15) is 12.5 Å². The van der Waals surface area contributed by atoms with E-state index in [2.05, 4.69) is 12.2 Å². The second-order valence-electron chi connectivity index (χ2n) is 4.96. The van der Waals surface area contributed by atoms with E-state index in [0.717, 1.165) is 23.5 Å². The van der Waals surface area contributed by atoms with E-state index >= 15 is 0 Å². The van der Waals surface area contributed by atoms with Gasteiger partial charge in [-0.05, 0) is 31.0 Å². The third-order valence-electron chi connectivity index (χ3n) is 3.09. The van der Waals surface area contributed by atoms with Crippen molar-refractivity contribution in [2.75, 3.05) is 34.9 Å². The Balaban J connectivity index is 2.57. The zero-order chi connectivity index (χ0) is 15.1. The highest BCUT2D eigenvalue weighted by atomic mass is 16.5. The monoisotopic (exact) mass is 280 g/mol. The quantitative estimate of drug-likeness (QED) is 0.818. The van der Waals surface area contributed by atoms with Crippen molar-refractivity contribution in [2.45, 2.75) is 19.4 Å². The number of benzene rings is 1. The fraction of sp³-hybridized carbons (Fsp3) is 0.533. The van der Waals surface area contributed by atoms with Crippen molar-refractivity contribution in [3.8, 4) is 11.5 Å². The minimum Gasteiger partial charge on any atom is -0.493 e. The molecular weight excluding hydrogens is 256 g/mol. The number of carbonyl (C=O) groups excluding carboxylic acids is 1. The second-order valence-corrected chi connectivity index (χ2v) is 4.96. The van der Waals surface area contributed by atoms with E-state index in [9.17, 15) is 4.79 Å². The summed E-state index contributed by atoms with van der Waals surface area (Å²) in [6.07, 6.45) is 0.820. The molecule has 0 aromatic heterocycles. The molecule has 1 N–H and O–H groups in total. The molecule has 1 unspecified atom stereocenters. The first-order valence-electron chi connectivity index (χ1n) is 6.62. The van der Waals surface area contributed by atoms with Gasteiger partial charge in [0.15, 0.2) is 11.5 Å². The Morgan fingerprint density at radius 3 is 2.45 bits per heavy atom. The summed E-state index contributed by atoms with van der Waals surface area (Å²) in [4.78, 5) is 13.1. The molecule has 5 heteroatoms. The summed E-state index contributed by atoms with van der Waals surface area (Å²) in [6.45, 7) is 2.40. The van der Waals surface area contributed by atoms with Gasteiger partial charge in [-0.15, -0.1) is 0 Å². The lowest BCUT2D eigenvalue weighted by molar-refractivity contribution is -0.127. The molecule has 0 bridgehead atoms. The maximum atomic E-state index is 11.5. The zero-order valence-corrected chi connectivity index (χ0v) is 12.9. The molecule has 0 saturated carbocycles. The average molecular weight is 280 g/mol. The van der Waals surface area contributed by atoms with E-state index in [4.69, 9.17) is 9.47 Å². The first-order chi connectivity index (χ1) is 9.47. The fourth-order valence-electron chi connectivity index (χ4n) is 1.85. The molecule has 0 saturated heterocycles. The number of carbonyl (C=O) groups is 1. The van der Waals surface area contributed by atoms with Crippen molar-refractivity contribution in [2.24, 2.45) is 0 Å². The third kappa shape index (κ3) is 4.74. The fourth-order valence-corrected chi connectivity index (χ4v) is 1.85. The van der Waals surface area contributed by atoms with Gasteiger partial charge in [-0.1, -0.05) is 6.07 Å². The summed E-state index contributed by atoms with van der Waals surface area (Å²) in [5.74, 6) is 1.52. The summed E-state index contributed by atoms with van der Waals surface area (Å²) in [5.41, 5.74) is 1.14. The van der Waals surface area contributed by atoms with Gasteiger partial charge in [0.2, 0.25) is 5.91 Å². The van der Waals surface area contributed by atoms with E-state index in [-0.39, 0.29) is 11.9 Å². The van der Waals surface area contributed by atoms with Gasteiger partial charge in [0.05, 0.1) is 20.8 Å². The van der Waals surface area contributed by atoms with Crippen molar-refractivity contribution in [3.05, 3.63) is 23.8 Å². The van der Waals surface area contributed by atoms with Crippen LogP contribution < -0.4 is 14.8 Å². The van der Waals surface area contributed by atoms with Crippen LogP contribution in [0.5, 0.6) is 11.5 Å². The molecule has 1 aromatic rings. The number of nitrogens with one attached hydrogen (secondary N) is 1. The van der Waals surface area contributed by atoms with Gasteiger partial charge in [0.1, 0.15) is 0 Å². The summed E-state index contributed by atoms with van der Waals surface area (Å²) in [5, 5.41) is 3.22. The van der Waals surface area contributed by atoms with Crippen molar-refractivity contribution >= 4 is 5.91 Å². The number of rotatable bonds is 7. The van der Waals surface area contributed by atoms with Crippen LogP contribution in [-0.4, -0.2) is 51.7 Å². The molecule has 1 rings (SSSR count). The summed E-state index contributed by atoms with van der Waals surface area (Å²) >= 11 is 0. The van der Waals surface area contributed by atoms with Gasteiger partial charge in [-0.3, -0.25) is 4.79 Å². The van der Waals surface area contributed by atoms with Gasteiger partial charge >= 0.3 is 0 Å². The van der Waals surface area contributed by atoms with Gasteiger partial charge in [0, 0.05) is 20.1 Å². The van der Waals surface area contributed by atoms with E-state index in [1.54, 1.807) is 33.2 Å². The molecule has 0 aliphatic carbocycles. The molecule has 0 fully saturated rings. The van der Waals surface area contributed by atoms with Crippen LogP contribution in [0.15, 0.2) is 18.2 Å². The number of hydrogen-bond donors (Lipinski definition) is 1. The van der Waals surface area contributed by atoms with E-state index in [1.807, 2.05) is 18.2 Å².